The first-order chi connectivity index (χ1) is 12.0. The minimum atomic E-state index is -0.494. The van der Waals surface area contributed by atoms with Crippen LogP contribution in [0, 0.1) is 9.39 Å². The maximum atomic E-state index is 13.7. The number of fused-ring (bicyclic) bond motifs is 1. The van der Waals surface area contributed by atoms with Gasteiger partial charge in [-0.25, -0.2) is 8.91 Å². The molecule has 8 heteroatoms. The van der Waals surface area contributed by atoms with Gasteiger partial charge in [-0.05, 0) is 46.9 Å². The van der Waals surface area contributed by atoms with Gasteiger partial charge in [-0.2, -0.15) is 5.10 Å². The Morgan fingerprint density at radius 1 is 1.32 bits per heavy atom. The molecular formula is C17H15FIN3O3. The number of methoxy groups -OCH3 is 2. The van der Waals surface area contributed by atoms with Crippen molar-refractivity contribution in [1.82, 2.24) is 9.61 Å². The Hall–Kier alpha value is -2.20. The summed E-state index contributed by atoms with van der Waals surface area (Å²) in [6, 6.07) is 7.68. The van der Waals surface area contributed by atoms with Crippen molar-refractivity contribution in [1.29, 1.82) is 0 Å². The summed E-state index contributed by atoms with van der Waals surface area (Å²) in [5.41, 5.74) is 1.79. The van der Waals surface area contributed by atoms with E-state index in [0.29, 0.717) is 11.3 Å². The Kier molecular flexibility index (Phi) is 5.19. The zero-order chi connectivity index (χ0) is 18.0. The first-order valence-corrected chi connectivity index (χ1v) is 8.40. The van der Waals surface area contributed by atoms with E-state index in [1.807, 2.05) is 0 Å². The van der Waals surface area contributed by atoms with Gasteiger partial charge in [0.15, 0.2) is 11.6 Å². The smallest absolute Gasteiger partial charge is 0.260 e. The standard InChI is InChI=1S/C17H15FIN3O3/c1-24-10-21(12-3-4-13(18)16(8-12)25-2)17(23)11-5-6-22-15(7-11)14(19)9-20-22/h3-9H,10H2,1-2H3. The average molecular weight is 455 g/mol. The number of pyridine rings is 1. The van der Waals surface area contributed by atoms with Crippen LogP contribution < -0.4 is 9.64 Å². The fourth-order valence-corrected chi connectivity index (χ4v) is 2.96. The van der Waals surface area contributed by atoms with Crippen LogP contribution in [0.15, 0.2) is 42.7 Å². The van der Waals surface area contributed by atoms with Crippen molar-refractivity contribution < 1.29 is 18.7 Å². The van der Waals surface area contributed by atoms with Gasteiger partial charge in [0, 0.05) is 24.9 Å². The summed E-state index contributed by atoms with van der Waals surface area (Å²) in [5, 5.41) is 4.19. The third-order valence-electron chi connectivity index (χ3n) is 3.67. The first-order valence-electron chi connectivity index (χ1n) is 7.32. The molecule has 130 valence electrons. The Labute approximate surface area is 157 Å². The van der Waals surface area contributed by atoms with Gasteiger partial charge in [-0.15, -0.1) is 0 Å². The van der Waals surface area contributed by atoms with Crippen LogP contribution in [0.5, 0.6) is 5.75 Å². The quantitative estimate of drug-likeness (QED) is 0.438. The molecule has 0 saturated heterocycles. The van der Waals surface area contributed by atoms with Crippen LogP contribution in [-0.2, 0) is 4.74 Å². The fraction of sp³-hybridized carbons (Fsp3) is 0.176. The second kappa shape index (κ2) is 7.36. The van der Waals surface area contributed by atoms with Crippen LogP contribution in [-0.4, -0.2) is 36.5 Å². The Bertz CT molecular complexity index is 929. The highest BCUT2D eigenvalue weighted by Crippen LogP contribution is 2.26. The summed E-state index contributed by atoms with van der Waals surface area (Å²) in [4.78, 5) is 14.4. The Morgan fingerprint density at radius 3 is 2.84 bits per heavy atom. The highest BCUT2D eigenvalue weighted by molar-refractivity contribution is 14.1. The van der Waals surface area contributed by atoms with Crippen molar-refractivity contribution in [2.24, 2.45) is 0 Å². The summed E-state index contributed by atoms with van der Waals surface area (Å²) >= 11 is 2.16. The summed E-state index contributed by atoms with van der Waals surface area (Å²) in [5.74, 6) is -0.700. The molecular weight excluding hydrogens is 440 g/mol. The topological polar surface area (TPSA) is 56.1 Å². The van der Waals surface area contributed by atoms with Gasteiger partial charge in [0.2, 0.25) is 0 Å². The predicted octanol–water partition coefficient (Wildman–Crippen LogP) is 3.34. The first kappa shape index (κ1) is 17.6. The molecule has 6 nitrogen and oxygen atoms in total. The van der Waals surface area contributed by atoms with E-state index in [0.717, 1.165) is 9.09 Å². The lowest BCUT2D eigenvalue weighted by Gasteiger charge is -2.22. The van der Waals surface area contributed by atoms with Gasteiger partial charge in [-0.1, -0.05) is 0 Å². The molecule has 2 heterocycles. The van der Waals surface area contributed by atoms with Crippen molar-refractivity contribution in [2.75, 3.05) is 25.9 Å². The molecule has 0 unspecified atom stereocenters. The number of benzene rings is 1. The minimum Gasteiger partial charge on any atom is -0.494 e. The number of ether oxygens (including phenoxy) is 2. The number of anilines is 1. The largest absolute Gasteiger partial charge is 0.494 e. The van der Waals surface area contributed by atoms with Gasteiger partial charge >= 0.3 is 0 Å². The van der Waals surface area contributed by atoms with Crippen LogP contribution in [0.1, 0.15) is 10.4 Å². The van der Waals surface area contributed by atoms with Crippen molar-refractivity contribution in [3.63, 3.8) is 0 Å². The summed E-state index contributed by atoms with van der Waals surface area (Å²) in [6.45, 7) is 0.0230. The van der Waals surface area contributed by atoms with Gasteiger partial charge in [0.25, 0.3) is 5.91 Å². The second-order valence-electron chi connectivity index (χ2n) is 5.21. The SMILES string of the molecule is COCN(C(=O)c1ccn2ncc(I)c2c1)c1ccc(F)c(OC)c1. The fourth-order valence-electron chi connectivity index (χ4n) is 2.44. The number of hydrogen-bond donors (Lipinski definition) is 0. The van der Waals surface area contributed by atoms with E-state index in [1.54, 1.807) is 29.0 Å². The minimum absolute atomic E-state index is 0.0230. The zero-order valence-corrected chi connectivity index (χ0v) is 15.7. The number of carbonyl (C=O) groups is 1. The number of rotatable bonds is 5. The molecule has 0 aliphatic carbocycles. The summed E-state index contributed by atoms with van der Waals surface area (Å²) in [6.07, 6.45) is 3.45. The predicted molar refractivity (Wildman–Crippen MR) is 99.5 cm³/mol. The van der Waals surface area contributed by atoms with E-state index in [9.17, 15) is 9.18 Å². The van der Waals surface area contributed by atoms with Gasteiger partial charge < -0.3 is 9.47 Å². The van der Waals surface area contributed by atoms with Crippen LogP contribution in [0.3, 0.4) is 0 Å². The van der Waals surface area contributed by atoms with E-state index in [-0.39, 0.29) is 18.4 Å². The zero-order valence-electron chi connectivity index (χ0n) is 13.6. The van der Waals surface area contributed by atoms with E-state index < -0.39 is 5.82 Å². The maximum absolute atomic E-state index is 13.7. The lowest BCUT2D eigenvalue weighted by Crippen LogP contribution is -2.32. The van der Waals surface area contributed by atoms with Crippen molar-refractivity contribution in [3.8, 4) is 5.75 Å². The number of hydrogen-bond acceptors (Lipinski definition) is 4. The number of aromatic nitrogens is 2. The van der Waals surface area contributed by atoms with Gasteiger partial charge in [0.05, 0.1) is 28.1 Å². The van der Waals surface area contributed by atoms with Crippen molar-refractivity contribution in [3.05, 3.63) is 57.7 Å². The Balaban J connectivity index is 2.01. The summed E-state index contributed by atoms with van der Waals surface area (Å²) < 4.78 is 26.4. The number of nitrogens with zero attached hydrogens (tertiary/aromatic N) is 3. The van der Waals surface area contributed by atoms with Crippen LogP contribution in [0.25, 0.3) is 5.52 Å². The summed E-state index contributed by atoms with van der Waals surface area (Å²) in [7, 11) is 2.87. The number of halogens is 2. The molecule has 3 aromatic rings. The number of carbonyl (C=O) groups excluding carboxylic acids is 1. The lowest BCUT2D eigenvalue weighted by molar-refractivity contribution is 0.0936. The van der Waals surface area contributed by atoms with Crippen LogP contribution >= 0.6 is 22.6 Å². The van der Waals surface area contributed by atoms with Gasteiger partial charge in [-0.3, -0.25) is 9.69 Å². The molecule has 0 N–H and O–H groups in total. The highest BCUT2D eigenvalue weighted by atomic mass is 127. The van der Waals surface area contributed by atoms with Crippen LogP contribution in [0.2, 0.25) is 0 Å². The molecule has 1 amide bonds. The van der Waals surface area contributed by atoms with E-state index in [4.69, 9.17) is 9.47 Å². The van der Waals surface area contributed by atoms with E-state index in [2.05, 4.69) is 27.7 Å². The van der Waals surface area contributed by atoms with Crippen molar-refractivity contribution in [2.45, 2.75) is 0 Å². The third kappa shape index (κ3) is 3.45. The van der Waals surface area contributed by atoms with E-state index >= 15 is 0 Å². The molecule has 1 aromatic carbocycles. The Morgan fingerprint density at radius 2 is 2.12 bits per heavy atom. The lowest BCUT2D eigenvalue weighted by atomic mass is 10.2. The molecule has 0 atom stereocenters. The average Bonchev–Trinajstić information content (AvgIpc) is 3.00. The molecule has 0 aliphatic rings. The molecule has 0 fully saturated rings. The van der Waals surface area contributed by atoms with Crippen molar-refractivity contribution >= 4 is 39.7 Å². The molecule has 0 saturated carbocycles. The molecule has 0 radical (unpaired) electrons. The highest BCUT2D eigenvalue weighted by Gasteiger charge is 2.20. The molecule has 0 bridgehead atoms. The monoisotopic (exact) mass is 455 g/mol. The molecule has 3 rings (SSSR count). The molecule has 2 aromatic heterocycles. The molecule has 0 spiro atoms. The van der Waals surface area contributed by atoms with Crippen LogP contribution in [0.4, 0.5) is 10.1 Å². The molecule has 0 aliphatic heterocycles. The molecule has 25 heavy (non-hydrogen) atoms. The normalized spacial score (nSPS) is 10.9. The van der Waals surface area contributed by atoms with E-state index in [1.165, 1.54) is 37.3 Å². The maximum Gasteiger partial charge on any atom is 0.260 e. The number of amides is 1. The second-order valence-corrected chi connectivity index (χ2v) is 6.37. The third-order valence-corrected chi connectivity index (χ3v) is 4.50. The van der Waals surface area contributed by atoms with Gasteiger partial charge in [0.1, 0.15) is 6.73 Å².